The molecule has 3 heteroatoms. The average Bonchev–Trinajstić information content (AvgIpc) is 2.27. The molecule has 1 rings (SSSR count). The first-order valence-electron chi connectivity index (χ1n) is 5.67. The first-order chi connectivity index (χ1) is 7.63. The first-order valence-corrected chi connectivity index (χ1v) is 5.67. The van der Waals surface area contributed by atoms with Crippen molar-refractivity contribution in [3.8, 4) is 0 Å². The van der Waals surface area contributed by atoms with Gasteiger partial charge in [-0.25, -0.2) is 0 Å². The fraction of sp³-hybridized carbons (Fsp3) is 0.462. The molecule has 0 spiro atoms. The molecule has 0 saturated heterocycles. The van der Waals surface area contributed by atoms with Crippen LogP contribution in [0.15, 0.2) is 24.3 Å². The highest BCUT2D eigenvalue weighted by Crippen LogP contribution is 2.14. The van der Waals surface area contributed by atoms with Gasteiger partial charge in [-0.1, -0.05) is 36.8 Å². The summed E-state index contributed by atoms with van der Waals surface area (Å²) < 4.78 is 0. The van der Waals surface area contributed by atoms with E-state index in [0.717, 1.165) is 0 Å². The fourth-order valence-corrected chi connectivity index (χ4v) is 1.50. The highest BCUT2D eigenvalue weighted by Gasteiger charge is 2.06. The van der Waals surface area contributed by atoms with Crippen molar-refractivity contribution in [2.45, 2.75) is 26.2 Å². The van der Waals surface area contributed by atoms with Crippen LogP contribution in [-0.2, 0) is 4.79 Å². The summed E-state index contributed by atoms with van der Waals surface area (Å²) in [6, 6.07) is 8.39. The second-order valence-corrected chi connectivity index (χ2v) is 4.15. The van der Waals surface area contributed by atoms with Crippen molar-refractivity contribution in [2.24, 2.45) is 5.73 Å². The summed E-state index contributed by atoms with van der Waals surface area (Å²) in [4.78, 5) is 11.2. The Morgan fingerprint density at radius 2 is 2.00 bits per heavy atom. The van der Waals surface area contributed by atoms with Gasteiger partial charge in [-0.15, -0.1) is 0 Å². The van der Waals surface area contributed by atoms with Crippen LogP contribution in [0.5, 0.6) is 0 Å². The molecule has 0 aliphatic rings. The Kier molecular flexibility index (Phi) is 4.99. The zero-order valence-corrected chi connectivity index (χ0v) is 9.99. The molecular formula is C13H20N2O. The first kappa shape index (κ1) is 12.7. The topological polar surface area (TPSA) is 55.1 Å². The average molecular weight is 220 g/mol. The molecule has 0 heterocycles. The molecule has 3 nitrogen and oxygen atoms in total. The molecular weight excluding hydrogens is 200 g/mol. The minimum absolute atomic E-state index is 0.0291. The van der Waals surface area contributed by atoms with Crippen LogP contribution in [-0.4, -0.2) is 19.0 Å². The zero-order valence-electron chi connectivity index (χ0n) is 9.99. The maximum Gasteiger partial charge on any atom is 0.221 e. The second kappa shape index (κ2) is 6.28. The lowest BCUT2D eigenvalue weighted by atomic mass is 10.00. The number of nitrogens with two attached hydrogens (primary N) is 1. The molecule has 1 aromatic carbocycles. The summed E-state index contributed by atoms with van der Waals surface area (Å²) in [5, 5.41) is 2.88. The normalized spacial score (nSPS) is 12.2. The summed E-state index contributed by atoms with van der Waals surface area (Å²) >= 11 is 0. The Hall–Kier alpha value is -1.35. The van der Waals surface area contributed by atoms with Gasteiger partial charge in [0, 0.05) is 19.5 Å². The second-order valence-electron chi connectivity index (χ2n) is 4.15. The van der Waals surface area contributed by atoms with Crippen LogP contribution in [0.3, 0.4) is 0 Å². The lowest BCUT2D eigenvalue weighted by Crippen LogP contribution is -2.29. The van der Waals surface area contributed by atoms with E-state index in [0.29, 0.717) is 25.4 Å². The molecule has 1 amide bonds. The smallest absolute Gasteiger partial charge is 0.221 e. The van der Waals surface area contributed by atoms with Gasteiger partial charge in [0.1, 0.15) is 0 Å². The van der Waals surface area contributed by atoms with Crippen molar-refractivity contribution < 1.29 is 4.79 Å². The Labute approximate surface area is 97.0 Å². The standard InChI is InChI=1S/C13H20N2O/c1-10-3-5-12(6-4-10)11(2)9-15-13(16)7-8-14/h3-6,11H,7-9,14H2,1-2H3,(H,15,16). The predicted molar refractivity (Wildman–Crippen MR) is 66.3 cm³/mol. The van der Waals surface area contributed by atoms with Gasteiger partial charge in [-0.3, -0.25) is 4.79 Å². The predicted octanol–water partition coefficient (Wildman–Crippen LogP) is 1.56. The van der Waals surface area contributed by atoms with Gasteiger partial charge < -0.3 is 11.1 Å². The van der Waals surface area contributed by atoms with E-state index in [-0.39, 0.29) is 5.91 Å². The third-order valence-electron chi connectivity index (χ3n) is 2.62. The van der Waals surface area contributed by atoms with Gasteiger partial charge in [-0.05, 0) is 18.4 Å². The van der Waals surface area contributed by atoms with Crippen LogP contribution in [0, 0.1) is 6.92 Å². The van der Waals surface area contributed by atoms with E-state index in [1.807, 2.05) is 0 Å². The van der Waals surface area contributed by atoms with E-state index in [1.54, 1.807) is 0 Å². The molecule has 0 saturated carbocycles. The van der Waals surface area contributed by atoms with Crippen molar-refractivity contribution in [1.82, 2.24) is 5.32 Å². The molecule has 0 fully saturated rings. The third-order valence-corrected chi connectivity index (χ3v) is 2.62. The number of hydrogen-bond donors (Lipinski definition) is 2. The zero-order chi connectivity index (χ0) is 12.0. The van der Waals surface area contributed by atoms with Crippen molar-refractivity contribution >= 4 is 5.91 Å². The lowest BCUT2D eigenvalue weighted by molar-refractivity contribution is -0.120. The van der Waals surface area contributed by atoms with Gasteiger partial charge >= 0.3 is 0 Å². The highest BCUT2D eigenvalue weighted by atomic mass is 16.1. The summed E-state index contributed by atoms with van der Waals surface area (Å²) in [5.74, 6) is 0.365. The van der Waals surface area contributed by atoms with E-state index < -0.39 is 0 Å². The monoisotopic (exact) mass is 220 g/mol. The Morgan fingerprint density at radius 1 is 1.38 bits per heavy atom. The molecule has 16 heavy (non-hydrogen) atoms. The number of amides is 1. The van der Waals surface area contributed by atoms with Crippen LogP contribution in [0.1, 0.15) is 30.4 Å². The Balaban J connectivity index is 2.43. The Morgan fingerprint density at radius 3 is 2.56 bits per heavy atom. The molecule has 1 unspecified atom stereocenters. The van der Waals surface area contributed by atoms with E-state index in [4.69, 9.17) is 5.73 Å². The molecule has 3 N–H and O–H groups in total. The number of hydrogen-bond acceptors (Lipinski definition) is 2. The summed E-state index contributed by atoms with van der Waals surface area (Å²) in [5.41, 5.74) is 7.80. The third kappa shape index (κ3) is 4.03. The van der Waals surface area contributed by atoms with Gasteiger partial charge in [0.25, 0.3) is 0 Å². The molecule has 0 aromatic heterocycles. The molecule has 0 aliphatic heterocycles. The lowest BCUT2D eigenvalue weighted by Gasteiger charge is -2.13. The molecule has 0 bridgehead atoms. The van der Waals surface area contributed by atoms with Gasteiger partial charge in [0.15, 0.2) is 0 Å². The number of benzene rings is 1. The van der Waals surface area contributed by atoms with Crippen molar-refractivity contribution in [3.63, 3.8) is 0 Å². The number of nitrogens with one attached hydrogen (secondary N) is 1. The van der Waals surface area contributed by atoms with Gasteiger partial charge in [0.05, 0.1) is 0 Å². The maximum atomic E-state index is 11.2. The number of carbonyl (C=O) groups is 1. The highest BCUT2D eigenvalue weighted by molar-refractivity contribution is 5.76. The minimum Gasteiger partial charge on any atom is -0.355 e. The number of rotatable bonds is 5. The number of carbonyl (C=O) groups excluding carboxylic acids is 1. The van der Waals surface area contributed by atoms with Crippen LogP contribution in [0.2, 0.25) is 0 Å². The van der Waals surface area contributed by atoms with Gasteiger partial charge in [0.2, 0.25) is 5.91 Å². The summed E-state index contributed by atoms with van der Waals surface area (Å²) in [7, 11) is 0. The molecule has 88 valence electrons. The van der Waals surface area contributed by atoms with Crippen LogP contribution in [0.25, 0.3) is 0 Å². The fourth-order valence-electron chi connectivity index (χ4n) is 1.50. The van der Waals surface area contributed by atoms with E-state index in [1.165, 1.54) is 11.1 Å². The minimum atomic E-state index is 0.0291. The van der Waals surface area contributed by atoms with Gasteiger partial charge in [-0.2, -0.15) is 0 Å². The van der Waals surface area contributed by atoms with Crippen LogP contribution >= 0.6 is 0 Å². The number of aryl methyl sites for hydroxylation is 1. The van der Waals surface area contributed by atoms with Crippen LogP contribution in [0.4, 0.5) is 0 Å². The molecule has 1 atom stereocenters. The molecule has 0 aliphatic carbocycles. The van der Waals surface area contributed by atoms with Crippen molar-refractivity contribution in [2.75, 3.05) is 13.1 Å². The van der Waals surface area contributed by atoms with Crippen LogP contribution < -0.4 is 11.1 Å². The SMILES string of the molecule is Cc1ccc(C(C)CNC(=O)CCN)cc1. The maximum absolute atomic E-state index is 11.2. The summed E-state index contributed by atoms with van der Waals surface area (Å²) in [6.45, 7) is 5.25. The van der Waals surface area contributed by atoms with E-state index in [9.17, 15) is 4.79 Å². The quantitative estimate of drug-likeness (QED) is 0.791. The van der Waals surface area contributed by atoms with E-state index in [2.05, 4.69) is 43.4 Å². The summed E-state index contributed by atoms with van der Waals surface area (Å²) in [6.07, 6.45) is 0.403. The van der Waals surface area contributed by atoms with E-state index >= 15 is 0 Å². The van der Waals surface area contributed by atoms with Crippen molar-refractivity contribution in [3.05, 3.63) is 35.4 Å². The largest absolute Gasteiger partial charge is 0.355 e. The Bertz CT molecular complexity index is 332. The van der Waals surface area contributed by atoms with Crippen molar-refractivity contribution in [1.29, 1.82) is 0 Å². The molecule has 1 aromatic rings. The molecule has 0 radical (unpaired) electrons.